The molecular weight excluding hydrogens is 370 g/mol. The number of aromatic hydroxyl groups is 1. The molecule has 4 rings (SSSR count). The topological polar surface area (TPSA) is 40.5 Å². The summed E-state index contributed by atoms with van der Waals surface area (Å²) in [4.78, 5) is 14.5. The van der Waals surface area contributed by atoms with Crippen molar-refractivity contribution in [1.29, 1.82) is 0 Å². The van der Waals surface area contributed by atoms with Gasteiger partial charge in [0.2, 0.25) is 0 Å². The summed E-state index contributed by atoms with van der Waals surface area (Å²) >= 11 is 0. The molecule has 0 aliphatic heterocycles. The highest BCUT2D eigenvalue weighted by molar-refractivity contribution is 6.07. The van der Waals surface area contributed by atoms with E-state index in [1.54, 1.807) is 24.3 Å². The molecule has 0 radical (unpaired) electrons. The van der Waals surface area contributed by atoms with Crippen molar-refractivity contribution in [2.75, 3.05) is 4.90 Å². The predicted molar refractivity (Wildman–Crippen MR) is 123 cm³/mol. The lowest BCUT2D eigenvalue weighted by Gasteiger charge is -2.25. The van der Waals surface area contributed by atoms with Crippen molar-refractivity contribution in [2.24, 2.45) is 0 Å². The Bertz CT molecular complexity index is 1110. The first-order chi connectivity index (χ1) is 14.7. The van der Waals surface area contributed by atoms with E-state index in [9.17, 15) is 9.90 Å². The maximum absolute atomic E-state index is 12.3. The number of hydrogen-bond acceptors (Lipinski definition) is 3. The fourth-order valence-electron chi connectivity index (χ4n) is 3.26. The van der Waals surface area contributed by atoms with Crippen molar-refractivity contribution >= 4 is 28.9 Å². The van der Waals surface area contributed by atoms with Crippen LogP contribution >= 0.6 is 0 Å². The molecule has 4 aromatic carbocycles. The zero-order chi connectivity index (χ0) is 20.8. The normalized spacial score (nSPS) is 10.8. The largest absolute Gasteiger partial charge is 0.508 e. The number of anilines is 3. The summed E-state index contributed by atoms with van der Waals surface area (Å²) in [6, 6.07) is 34.8. The monoisotopic (exact) mass is 391 g/mol. The van der Waals surface area contributed by atoms with Crippen molar-refractivity contribution in [3.63, 3.8) is 0 Å². The number of nitrogens with zero attached hydrogens (tertiary/aromatic N) is 1. The van der Waals surface area contributed by atoms with Gasteiger partial charge in [0.1, 0.15) is 5.75 Å². The Hall–Kier alpha value is -4.11. The van der Waals surface area contributed by atoms with Crippen LogP contribution in [0, 0.1) is 0 Å². The van der Waals surface area contributed by atoms with Gasteiger partial charge in [0.05, 0.1) is 0 Å². The number of hydrogen-bond donors (Lipinski definition) is 1. The predicted octanol–water partition coefficient (Wildman–Crippen LogP) is 6.76. The van der Waals surface area contributed by atoms with E-state index >= 15 is 0 Å². The molecule has 0 aromatic heterocycles. The lowest BCUT2D eigenvalue weighted by atomic mass is 10.1. The molecule has 0 atom stereocenters. The molecular formula is C27H21NO2. The van der Waals surface area contributed by atoms with E-state index in [1.165, 1.54) is 12.1 Å². The summed E-state index contributed by atoms with van der Waals surface area (Å²) in [6.07, 6.45) is 3.31. The van der Waals surface area contributed by atoms with E-state index in [1.807, 2.05) is 60.7 Å². The van der Waals surface area contributed by atoms with Crippen molar-refractivity contribution in [1.82, 2.24) is 0 Å². The average molecular weight is 391 g/mol. The molecule has 0 amide bonds. The number of rotatable bonds is 6. The van der Waals surface area contributed by atoms with Crippen LogP contribution in [0.25, 0.3) is 6.08 Å². The SMILES string of the molecule is O=C(C=Cc1ccc(N(c2ccccc2)c2ccccc2)cc1)c1cccc(O)c1. The van der Waals surface area contributed by atoms with Crippen LogP contribution in [-0.2, 0) is 0 Å². The Balaban J connectivity index is 1.59. The van der Waals surface area contributed by atoms with Gasteiger partial charge in [-0.05, 0) is 60.2 Å². The Morgan fingerprint density at radius 2 is 1.23 bits per heavy atom. The van der Waals surface area contributed by atoms with E-state index < -0.39 is 0 Å². The van der Waals surface area contributed by atoms with Crippen LogP contribution in [0.4, 0.5) is 17.1 Å². The standard InChI is InChI=1S/C27H21NO2/c29-26-13-7-8-22(20-26)27(30)19-16-21-14-17-25(18-15-21)28(23-9-3-1-4-10-23)24-11-5-2-6-12-24/h1-20,29H. The molecule has 1 N–H and O–H groups in total. The second kappa shape index (κ2) is 8.93. The molecule has 0 unspecified atom stereocenters. The minimum Gasteiger partial charge on any atom is -0.508 e. The second-order valence-electron chi connectivity index (χ2n) is 6.85. The molecule has 0 aliphatic carbocycles. The zero-order valence-corrected chi connectivity index (χ0v) is 16.3. The van der Waals surface area contributed by atoms with E-state index in [-0.39, 0.29) is 11.5 Å². The van der Waals surface area contributed by atoms with Crippen molar-refractivity contribution in [3.05, 3.63) is 126 Å². The summed E-state index contributed by atoms with van der Waals surface area (Å²) in [5.41, 5.74) is 4.57. The highest BCUT2D eigenvalue weighted by Gasteiger charge is 2.11. The second-order valence-corrected chi connectivity index (χ2v) is 6.85. The third-order valence-electron chi connectivity index (χ3n) is 4.74. The zero-order valence-electron chi connectivity index (χ0n) is 16.3. The Labute approximate surface area is 176 Å². The Morgan fingerprint density at radius 3 is 1.80 bits per heavy atom. The van der Waals surface area contributed by atoms with Crippen LogP contribution in [-0.4, -0.2) is 10.9 Å². The van der Waals surface area contributed by atoms with Crippen molar-refractivity contribution < 1.29 is 9.90 Å². The highest BCUT2D eigenvalue weighted by Crippen LogP contribution is 2.34. The maximum atomic E-state index is 12.3. The van der Waals surface area contributed by atoms with Crippen molar-refractivity contribution in [2.45, 2.75) is 0 Å². The van der Waals surface area contributed by atoms with E-state index in [0.29, 0.717) is 5.56 Å². The fraction of sp³-hybridized carbons (Fsp3) is 0. The van der Waals surface area contributed by atoms with Gasteiger partial charge in [0.25, 0.3) is 0 Å². The summed E-state index contributed by atoms with van der Waals surface area (Å²) in [5, 5.41) is 9.54. The first-order valence-corrected chi connectivity index (χ1v) is 9.72. The Kier molecular flexibility index (Phi) is 5.72. The van der Waals surface area contributed by atoms with Crippen LogP contribution in [0.15, 0.2) is 115 Å². The van der Waals surface area contributed by atoms with Gasteiger partial charge in [-0.2, -0.15) is 0 Å². The first kappa shape index (κ1) is 19.2. The first-order valence-electron chi connectivity index (χ1n) is 9.72. The van der Waals surface area contributed by atoms with E-state index in [2.05, 4.69) is 29.2 Å². The van der Waals surface area contributed by atoms with Crippen LogP contribution in [0.3, 0.4) is 0 Å². The highest BCUT2D eigenvalue weighted by atomic mass is 16.3. The number of carbonyl (C=O) groups is 1. The van der Waals surface area contributed by atoms with E-state index in [0.717, 1.165) is 22.6 Å². The molecule has 0 spiro atoms. The van der Waals surface area contributed by atoms with Crippen LogP contribution in [0.2, 0.25) is 0 Å². The van der Waals surface area contributed by atoms with Crippen LogP contribution in [0.1, 0.15) is 15.9 Å². The molecule has 3 nitrogen and oxygen atoms in total. The van der Waals surface area contributed by atoms with Crippen LogP contribution < -0.4 is 4.90 Å². The summed E-state index contributed by atoms with van der Waals surface area (Å²) in [6.45, 7) is 0. The lowest BCUT2D eigenvalue weighted by Crippen LogP contribution is -2.09. The van der Waals surface area contributed by atoms with Gasteiger partial charge in [-0.1, -0.05) is 66.7 Å². The third kappa shape index (κ3) is 4.47. The fourth-order valence-corrected chi connectivity index (χ4v) is 3.26. The molecule has 3 heteroatoms. The minimum absolute atomic E-state index is 0.0838. The quantitative estimate of drug-likeness (QED) is 0.292. The minimum atomic E-state index is -0.148. The van der Waals surface area contributed by atoms with Gasteiger partial charge in [-0.25, -0.2) is 0 Å². The Morgan fingerprint density at radius 1 is 0.667 bits per heavy atom. The number of carbonyl (C=O) groups excluding carboxylic acids is 1. The van der Waals surface area contributed by atoms with Gasteiger partial charge in [-0.3, -0.25) is 4.79 Å². The van der Waals surface area contributed by atoms with Crippen molar-refractivity contribution in [3.8, 4) is 5.75 Å². The molecule has 0 aliphatic rings. The number of ketones is 1. The molecule has 0 heterocycles. The van der Waals surface area contributed by atoms with Gasteiger partial charge in [0.15, 0.2) is 5.78 Å². The number of allylic oxidation sites excluding steroid dienone is 1. The summed E-state index contributed by atoms with van der Waals surface area (Å²) in [7, 11) is 0. The molecule has 0 saturated heterocycles. The number of phenolic OH excluding ortho intramolecular Hbond substituents is 1. The molecule has 0 fully saturated rings. The van der Waals surface area contributed by atoms with Crippen LogP contribution in [0.5, 0.6) is 5.75 Å². The van der Waals surface area contributed by atoms with E-state index in [4.69, 9.17) is 0 Å². The average Bonchev–Trinajstić information content (AvgIpc) is 2.80. The molecule has 30 heavy (non-hydrogen) atoms. The summed E-state index contributed by atoms with van der Waals surface area (Å²) in [5.74, 6) is -0.0642. The number of benzene rings is 4. The molecule has 0 saturated carbocycles. The van der Waals surface area contributed by atoms with Gasteiger partial charge in [-0.15, -0.1) is 0 Å². The molecule has 0 bridgehead atoms. The maximum Gasteiger partial charge on any atom is 0.185 e. The molecule has 4 aromatic rings. The van der Waals surface area contributed by atoms with Gasteiger partial charge < -0.3 is 10.0 Å². The smallest absolute Gasteiger partial charge is 0.185 e. The third-order valence-corrected chi connectivity index (χ3v) is 4.74. The number of para-hydroxylation sites is 2. The summed E-state index contributed by atoms with van der Waals surface area (Å²) < 4.78 is 0. The van der Waals surface area contributed by atoms with Gasteiger partial charge >= 0.3 is 0 Å². The lowest BCUT2D eigenvalue weighted by molar-refractivity contribution is 0.104. The van der Waals surface area contributed by atoms with Gasteiger partial charge in [0, 0.05) is 22.6 Å². The number of phenols is 1. The molecule has 146 valence electrons.